The molecule has 4 heterocycles. The molecule has 0 aromatic carbocycles. The van der Waals surface area contributed by atoms with Gasteiger partial charge in [-0.05, 0) is 32.4 Å². The highest BCUT2D eigenvalue weighted by Crippen LogP contribution is 2.22. The van der Waals surface area contributed by atoms with Gasteiger partial charge in [-0.1, -0.05) is 19.0 Å². The number of nitrogens with zero attached hydrogens (tertiary/aromatic N) is 7. The molecule has 2 aromatic heterocycles. The predicted octanol–water partition coefficient (Wildman–Crippen LogP) is 1.41. The van der Waals surface area contributed by atoms with Crippen LogP contribution in [-0.4, -0.2) is 76.0 Å². The second kappa shape index (κ2) is 9.26. The lowest BCUT2D eigenvalue weighted by Gasteiger charge is -2.34. The van der Waals surface area contributed by atoms with E-state index in [1.165, 1.54) is 0 Å². The SMILES string of the molecule is CC(C)Cc1noc(CN2CCC[C@H](n3ncc(N4CCN(C)CC4)cc3=O)C2)n1. The Labute approximate surface area is 177 Å². The highest BCUT2D eigenvalue weighted by atomic mass is 16.5. The summed E-state index contributed by atoms with van der Waals surface area (Å²) in [5, 5.41) is 8.63. The average Bonchev–Trinajstić information content (AvgIpc) is 3.14. The second-order valence-corrected chi connectivity index (χ2v) is 9.02. The highest BCUT2D eigenvalue weighted by molar-refractivity contribution is 5.43. The fourth-order valence-corrected chi connectivity index (χ4v) is 4.29. The van der Waals surface area contributed by atoms with Crippen LogP contribution >= 0.6 is 0 Å². The lowest BCUT2D eigenvalue weighted by molar-refractivity contribution is 0.144. The van der Waals surface area contributed by atoms with E-state index >= 15 is 0 Å². The number of anilines is 1. The predicted molar refractivity (Wildman–Crippen MR) is 115 cm³/mol. The van der Waals surface area contributed by atoms with E-state index in [4.69, 9.17) is 4.52 Å². The molecule has 0 saturated carbocycles. The third-order valence-electron chi connectivity index (χ3n) is 5.97. The molecule has 0 radical (unpaired) electrons. The first-order valence-electron chi connectivity index (χ1n) is 11.0. The van der Waals surface area contributed by atoms with Crippen LogP contribution < -0.4 is 10.5 Å². The molecule has 2 aromatic rings. The van der Waals surface area contributed by atoms with E-state index in [1.54, 1.807) is 10.7 Å². The van der Waals surface area contributed by atoms with Crippen molar-refractivity contribution in [2.45, 2.75) is 45.7 Å². The molecule has 0 aliphatic carbocycles. The Balaban J connectivity index is 1.39. The summed E-state index contributed by atoms with van der Waals surface area (Å²) in [6.45, 7) is 10.5. The lowest BCUT2D eigenvalue weighted by atomic mass is 10.1. The molecule has 4 rings (SSSR count). The Bertz CT molecular complexity index is 885. The molecule has 2 aliphatic heterocycles. The van der Waals surface area contributed by atoms with Gasteiger partial charge in [0.05, 0.1) is 24.5 Å². The van der Waals surface area contributed by atoms with E-state index in [0.29, 0.717) is 18.4 Å². The number of hydrogen-bond donors (Lipinski definition) is 0. The van der Waals surface area contributed by atoms with Gasteiger partial charge >= 0.3 is 0 Å². The van der Waals surface area contributed by atoms with Crippen LogP contribution in [0, 0.1) is 5.92 Å². The van der Waals surface area contributed by atoms with Gasteiger partial charge in [0.2, 0.25) is 5.89 Å². The maximum atomic E-state index is 12.8. The van der Waals surface area contributed by atoms with Crippen molar-refractivity contribution < 1.29 is 4.52 Å². The Hall–Kier alpha value is -2.26. The van der Waals surface area contributed by atoms with Crippen molar-refractivity contribution in [3.63, 3.8) is 0 Å². The van der Waals surface area contributed by atoms with Crippen LogP contribution in [0.1, 0.15) is 44.4 Å². The molecule has 0 amide bonds. The van der Waals surface area contributed by atoms with Crippen LogP contribution in [0.2, 0.25) is 0 Å². The second-order valence-electron chi connectivity index (χ2n) is 9.02. The van der Waals surface area contributed by atoms with Gasteiger partial charge in [0.15, 0.2) is 5.82 Å². The zero-order valence-electron chi connectivity index (χ0n) is 18.3. The van der Waals surface area contributed by atoms with Gasteiger partial charge in [-0.15, -0.1) is 0 Å². The number of aromatic nitrogens is 4. The summed E-state index contributed by atoms with van der Waals surface area (Å²) in [5.41, 5.74) is 0.913. The third-order valence-corrected chi connectivity index (χ3v) is 5.97. The first-order chi connectivity index (χ1) is 14.5. The van der Waals surface area contributed by atoms with E-state index in [1.807, 2.05) is 6.20 Å². The molecule has 0 unspecified atom stereocenters. The number of likely N-dealkylation sites (N-methyl/N-ethyl adjacent to an activating group) is 1. The molecule has 9 nitrogen and oxygen atoms in total. The van der Waals surface area contributed by atoms with Gasteiger partial charge in [-0.25, -0.2) is 4.68 Å². The average molecular weight is 416 g/mol. The molecule has 2 aliphatic rings. The molecular weight excluding hydrogens is 382 g/mol. The number of rotatable bonds is 6. The van der Waals surface area contributed by atoms with Crippen molar-refractivity contribution in [1.29, 1.82) is 0 Å². The van der Waals surface area contributed by atoms with Gasteiger partial charge < -0.3 is 14.3 Å². The molecule has 0 bridgehead atoms. The summed E-state index contributed by atoms with van der Waals surface area (Å²) >= 11 is 0. The number of piperidine rings is 1. The zero-order chi connectivity index (χ0) is 21.1. The lowest BCUT2D eigenvalue weighted by Crippen LogP contribution is -2.45. The summed E-state index contributed by atoms with van der Waals surface area (Å²) in [7, 11) is 2.13. The van der Waals surface area contributed by atoms with E-state index in [2.05, 4.69) is 50.8 Å². The Morgan fingerprint density at radius 1 is 1.20 bits per heavy atom. The minimum absolute atomic E-state index is 0.0183. The van der Waals surface area contributed by atoms with Crippen LogP contribution in [0.5, 0.6) is 0 Å². The fraction of sp³-hybridized carbons (Fsp3) is 0.714. The van der Waals surface area contributed by atoms with Crippen LogP contribution in [0.15, 0.2) is 21.6 Å². The van der Waals surface area contributed by atoms with Gasteiger partial charge in [-0.3, -0.25) is 9.69 Å². The van der Waals surface area contributed by atoms with E-state index < -0.39 is 0 Å². The largest absolute Gasteiger partial charge is 0.368 e. The normalized spacial score (nSPS) is 21.5. The van der Waals surface area contributed by atoms with Crippen molar-refractivity contribution in [2.24, 2.45) is 5.92 Å². The first-order valence-corrected chi connectivity index (χ1v) is 11.0. The quantitative estimate of drug-likeness (QED) is 0.700. The molecule has 0 N–H and O–H groups in total. The van der Waals surface area contributed by atoms with E-state index in [-0.39, 0.29) is 11.6 Å². The maximum absolute atomic E-state index is 12.8. The number of likely N-dealkylation sites (tertiary alicyclic amines) is 1. The molecule has 0 spiro atoms. The fourth-order valence-electron chi connectivity index (χ4n) is 4.29. The first kappa shape index (κ1) is 21.0. The van der Waals surface area contributed by atoms with Gasteiger partial charge in [0.1, 0.15) is 0 Å². The summed E-state index contributed by atoms with van der Waals surface area (Å²) < 4.78 is 7.08. The van der Waals surface area contributed by atoms with Crippen molar-refractivity contribution in [1.82, 2.24) is 29.7 Å². The monoisotopic (exact) mass is 415 g/mol. The van der Waals surface area contributed by atoms with Crippen LogP contribution in [-0.2, 0) is 13.0 Å². The minimum Gasteiger partial charge on any atom is -0.368 e. The topological polar surface area (TPSA) is 83.5 Å². The maximum Gasteiger partial charge on any atom is 0.269 e. The van der Waals surface area contributed by atoms with Crippen molar-refractivity contribution in [3.8, 4) is 0 Å². The minimum atomic E-state index is -0.0183. The Kier molecular flexibility index (Phi) is 6.48. The van der Waals surface area contributed by atoms with Gasteiger partial charge in [0, 0.05) is 45.2 Å². The summed E-state index contributed by atoms with van der Waals surface area (Å²) in [4.78, 5) is 24.2. The Morgan fingerprint density at radius 3 is 2.73 bits per heavy atom. The molecule has 2 fully saturated rings. The summed E-state index contributed by atoms with van der Waals surface area (Å²) in [6, 6.07) is 1.82. The zero-order valence-corrected chi connectivity index (χ0v) is 18.3. The third kappa shape index (κ3) is 5.07. The van der Waals surface area contributed by atoms with E-state index in [0.717, 1.165) is 70.0 Å². The van der Waals surface area contributed by atoms with Crippen molar-refractivity contribution in [2.75, 3.05) is 51.2 Å². The van der Waals surface area contributed by atoms with E-state index in [9.17, 15) is 4.79 Å². The molecule has 9 heteroatoms. The molecule has 2 saturated heterocycles. The van der Waals surface area contributed by atoms with Crippen molar-refractivity contribution >= 4 is 5.69 Å². The van der Waals surface area contributed by atoms with Gasteiger partial charge in [-0.2, -0.15) is 10.1 Å². The number of hydrogen-bond acceptors (Lipinski definition) is 8. The molecule has 164 valence electrons. The van der Waals surface area contributed by atoms with Crippen LogP contribution in [0.3, 0.4) is 0 Å². The van der Waals surface area contributed by atoms with Crippen LogP contribution in [0.4, 0.5) is 5.69 Å². The molecule has 1 atom stereocenters. The smallest absolute Gasteiger partial charge is 0.269 e. The number of piperazine rings is 1. The standard InChI is InChI=1S/C21H33N7O2/c1-16(2)11-19-23-20(30-24-19)15-26-6-4-5-17(14-26)28-21(29)12-18(13-22-28)27-9-7-25(3)8-10-27/h12-13,16-17H,4-11,14-15H2,1-3H3/t17-/m0/s1. The van der Waals surface area contributed by atoms with Crippen LogP contribution in [0.25, 0.3) is 0 Å². The molecule has 30 heavy (non-hydrogen) atoms. The summed E-state index contributed by atoms with van der Waals surface area (Å²) in [6.07, 6.45) is 4.65. The van der Waals surface area contributed by atoms with Crippen molar-refractivity contribution in [3.05, 3.63) is 34.3 Å². The molecular formula is C21H33N7O2. The summed E-state index contributed by atoms with van der Waals surface area (Å²) in [5.74, 6) is 1.92. The Morgan fingerprint density at radius 2 is 2.00 bits per heavy atom. The van der Waals surface area contributed by atoms with Gasteiger partial charge in [0.25, 0.3) is 5.56 Å². The highest BCUT2D eigenvalue weighted by Gasteiger charge is 2.25.